The van der Waals surface area contributed by atoms with Crippen LogP contribution in [0.4, 0.5) is 16.5 Å². The summed E-state index contributed by atoms with van der Waals surface area (Å²) in [7, 11) is 3.64. The van der Waals surface area contributed by atoms with E-state index in [0.717, 1.165) is 39.0 Å². The summed E-state index contributed by atoms with van der Waals surface area (Å²) < 4.78 is 8.44. The molecule has 0 amide bonds. The van der Waals surface area contributed by atoms with Gasteiger partial charge in [-0.1, -0.05) is 0 Å². The van der Waals surface area contributed by atoms with Gasteiger partial charge in [0, 0.05) is 24.8 Å². The summed E-state index contributed by atoms with van der Waals surface area (Å²) in [6.45, 7) is 3.68. The third kappa shape index (κ3) is 3.84. The summed E-state index contributed by atoms with van der Waals surface area (Å²) in [4.78, 5) is 2.11. The zero-order valence-electron chi connectivity index (χ0n) is 15.2. The van der Waals surface area contributed by atoms with Gasteiger partial charge in [0.05, 0.1) is 30.6 Å². The predicted octanol–water partition coefficient (Wildman–Crippen LogP) is 3.97. The lowest BCUT2D eigenvalue weighted by Crippen LogP contribution is -2.25. The molecule has 0 saturated carbocycles. The molecule has 0 fully saturated rings. The second-order valence-corrected chi connectivity index (χ2v) is 6.81. The first kappa shape index (κ1) is 18.3. The third-order valence-electron chi connectivity index (χ3n) is 4.23. The van der Waals surface area contributed by atoms with Crippen LogP contribution in [-0.4, -0.2) is 31.9 Å². The van der Waals surface area contributed by atoms with Gasteiger partial charge in [-0.25, -0.2) is 4.57 Å². The summed E-state index contributed by atoms with van der Waals surface area (Å²) in [6, 6.07) is 13.9. The van der Waals surface area contributed by atoms with Crippen molar-refractivity contribution < 1.29 is 14.4 Å². The number of aromatic nitrogens is 1. The van der Waals surface area contributed by atoms with Crippen molar-refractivity contribution in [3.8, 4) is 5.75 Å². The van der Waals surface area contributed by atoms with Crippen molar-refractivity contribution in [3.63, 3.8) is 0 Å². The first-order valence-corrected chi connectivity index (χ1v) is 9.32. The third-order valence-corrected chi connectivity index (χ3v) is 5.34. The highest BCUT2D eigenvalue weighted by Crippen LogP contribution is 2.30. The number of likely N-dealkylation sites (N-methyl/N-ethyl adjacent to an activating group) is 1. The average Bonchev–Trinajstić information content (AvgIpc) is 3.00. The molecule has 136 valence electrons. The topological polar surface area (TPSA) is 61.3 Å². The van der Waals surface area contributed by atoms with E-state index in [0.29, 0.717) is 6.54 Å². The molecule has 0 atom stereocenters. The maximum atomic E-state index is 9.13. The number of fused-ring (bicyclic) bond motifs is 1. The zero-order chi connectivity index (χ0) is 18.5. The number of aryl methyl sites for hydroxylation is 1. The highest BCUT2D eigenvalue weighted by Gasteiger charge is 2.16. The lowest BCUT2D eigenvalue weighted by atomic mass is 10.2. The van der Waals surface area contributed by atoms with Gasteiger partial charge in [-0.2, -0.15) is 0 Å². The number of azo groups is 1. The van der Waals surface area contributed by atoms with E-state index >= 15 is 0 Å². The van der Waals surface area contributed by atoms with Gasteiger partial charge in [0.1, 0.15) is 17.0 Å². The highest BCUT2D eigenvalue weighted by molar-refractivity contribution is 7.21. The van der Waals surface area contributed by atoms with Crippen LogP contribution in [0.25, 0.3) is 10.2 Å². The fourth-order valence-electron chi connectivity index (χ4n) is 2.75. The molecule has 0 bridgehead atoms. The highest BCUT2D eigenvalue weighted by atomic mass is 32.1. The van der Waals surface area contributed by atoms with E-state index in [-0.39, 0.29) is 6.61 Å². The number of nitrogens with zero attached hydrogens (tertiary/aromatic N) is 4. The lowest BCUT2D eigenvalue weighted by molar-refractivity contribution is -0.627. The number of anilines is 1. The van der Waals surface area contributed by atoms with Gasteiger partial charge in [0.15, 0.2) is 0 Å². The molecule has 1 aromatic heterocycles. The van der Waals surface area contributed by atoms with E-state index in [1.54, 1.807) is 18.4 Å². The Hall–Kier alpha value is -2.51. The van der Waals surface area contributed by atoms with E-state index in [1.165, 1.54) is 0 Å². The Kier molecular flexibility index (Phi) is 5.80. The van der Waals surface area contributed by atoms with E-state index in [1.807, 2.05) is 54.1 Å². The summed E-state index contributed by atoms with van der Waals surface area (Å²) in [5.74, 6) is 0.827. The molecule has 1 heterocycles. The molecule has 3 rings (SSSR count). The maximum Gasteiger partial charge on any atom is 0.409 e. The normalized spacial score (nSPS) is 11.4. The largest absolute Gasteiger partial charge is 0.497 e. The summed E-state index contributed by atoms with van der Waals surface area (Å²) in [5.41, 5.74) is 2.94. The number of rotatable bonds is 7. The first-order chi connectivity index (χ1) is 12.7. The Labute approximate surface area is 157 Å². The van der Waals surface area contributed by atoms with E-state index in [9.17, 15) is 0 Å². The van der Waals surface area contributed by atoms with Crippen LogP contribution in [0.2, 0.25) is 0 Å². The van der Waals surface area contributed by atoms with Gasteiger partial charge in [-0.15, -0.1) is 0 Å². The fourth-order valence-corrected chi connectivity index (χ4v) is 3.70. The SMILES string of the molecule is CCN(CCO)c1ccc(N=Nc2sc3ccc(OC)cc3[n+]2C)cc1. The van der Waals surface area contributed by atoms with Crippen molar-refractivity contribution in [1.82, 2.24) is 0 Å². The predicted molar refractivity (Wildman–Crippen MR) is 105 cm³/mol. The minimum Gasteiger partial charge on any atom is -0.497 e. The average molecular weight is 371 g/mol. The molecule has 3 aromatic rings. The van der Waals surface area contributed by atoms with Gasteiger partial charge < -0.3 is 14.7 Å². The number of ether oxygens (including phenoxy) is 1. The van der Waals surface area contributed by atoms with Gasteiger partial charge in [0.25, 0.3) is 0 Å². The van der Waals surface area contributed by atoms with Crippen molar-refractivity contribution in [2.45, 2.75) is 6.92 Å². The molecule has 6 nitrogen and oxygen atoms in total. The van der Waals surface area contributed by atoms with Gasteiger partial charge in [0.2, 0.25) is 0 Å². The van der Waals surface area contributed by atoms with E-state index < -0.39 is 0 Å². The van der Waals surface area contributed by atoms with Crippen LogP contribution in [0.3, 0.4) is 0 Å². The Bertz CT molecular complexity index is 906. The quantitative estimate of drug-likeness (QED) is 0.505. The fraction of sp³-hybridized carbons (Fsp3) is 0.316. The van der Waals surface area contributed by atoms with Gasteiger partial charge in [-0.3, -0.25) is 0 Å². The Balaban J connectivity index is 1.81. The molecule has 0 aliphatic rings. The minimum atomic E-state index is 0.141. The Morgan fingerprint density at radius 1 is 1.15 bits per heavy atom. The molecule has 7 heteroatoms. The number of benzene rings is 2. The van der Waals surface area contributed by atoms with Crippen LogP contribution < -0.4 is 14.2 Å². The summed E-state index contributed by atoms with van der Waals surface area (Å²) >= 11 is 1.59. The molecular weight excluding hydrogens is 348 g/mol. The number of aliphatic hydroxyl groups is 1. The summed E-state index contributed by atoms with van der Waals surface area (Å²) in [5, 5.41) is 18.7. The second-order valence-electron chi connectivity index (χ2n) is 5.80. The van der Waals surface area contributed by atoms with Crippen molar-refractivity contribution in [2.75, 3.05) is 31.7 Å². The molecular formula is C19H23N4O2S+. The minimum absolute atomic E-state index is 0.141. The maximum absolute atomic E-state index is 9.13. The molecule has 0 radical (unpaired) electrons. The second kappa shape index (κ2) is 8.25. The van der Waals surface area contributed by atoms with Crippen LogP contribution in [0.15, 0.2) is 52.7 Å². The van der Waals surface area contributed by atoms with Crippen molar-refractivity contribution in [3.05, 3.63) is 42.5 Å². The molecule has 2 aromatic carbocycles. The number of methoxy groups -OCH3 is 1. The lowest BCUT2D eigenvalue weighted by Gasteiger charge is -2.21. The number of hydrogen-bond acceptors (Lipinski definition) is 6. The van der Waals surface area contributed by atoms with Crippen LogP contribution in [-0.2, 0) is 7.05 Å². The van der Waals surface area contributed by atoms with E-state index in [4.69, 9.17) is 9.84 Å². The van der Waals surface area contributed by atoms with Crippen LogP contribution in [0.5, 0.6) is 5.75 Å². The molecule has 0 aliphatic carbocycles. The first-order valence-electron chi connectivity index (χ1n) is 8.50. The molecule has 26 heavy (non-hydrogen) atoms. The smallest absolute Gasteiger partial charge is 0.409 e. The van der Waals surface area contributed by atoms with Crippen molar-refractivity contribution in [1.29, 1.82) is 0 Å². The van der Waals surface area contributed by atoms with Gasteiger partial charge >= 0.3 is 5.13 Å². The molecule has 0 spiro atoms. The van der Waals surface area contributed by atoms with Crippen LogP contribution in [0.1, 0.15) is 6.92 Å². The van der Waals surface area contributed by atoms with Crippen LogP contribution in [0, 0.1) is 0 Å². The molecule has 0 unspecified atom stereocenters. The van der Waals surface area contributed by atoms with Gasteiger partial charge in [-0.05, 0) is 59.8 Å². The standard InChI is InChI=1S/C19H23N4O2S/c1-4-23(11-12-24)15-7-5-14(6-8-15)20-21-19-22(2)17-13-16(25-3)9-10-18(17)26-19/h5-10,13,24H,4,11-12H2,1-3H3/q+1. The number of hydrogen-bond donors (Lipinski definition) is 1. The van der Waals surface area contributed by atoms with Crippen molar-refractivity contribution in [2.24, 2.45) is 17.3 Å². The molecule has 1 N–H and O–H groups in total. The number of thiazole rings is 1. The van der Waals surface area contributed by atoms with Crippen molar-refractivity contribution >= 4 is 38.1 Å². The monoisotopic (exact) mass is 371 g/mol. The van der Waals surface area contributed by atoms with Crippen LogP contribution >= 0.6 is 11.3 Å². The molecule has 0 saturated heterocycles. The number of aliphatic hydroxyl groups excluding tert-OH is 1. The molecule has 0 aliphatic heterocycles. The zero-order valence-corrected chi connectivity index (χ0v) is 16.0. The Morgan fingerprint density at radius 2 is 1.92 bits per heavy atom. The summed E-state index contributed by atoms with van der Waals surface area (Å²) in [6.07, 6.45) is 0. The Morgan fingerprint density at radius 3 is 2.58 bits per heavy atom. The van der Waals surface area contributed by atoms with E-state index in [2.05, 4.69) is 22.1 Å².